The molecule has 0 bridgehead atoms. The van der Waals surface area contributed by atoms with Gasteiger partial charge in [-0.15, -0.1) is 0 Å². The molecule has 1 aliphatic rings. The Labute approximate surface area is 192 Å². The summed E-state index contributed by atoms with van der Waals surface area (Å²) in [6.45, 7) is 0.0917. The molecule has 0 unspecified atom stereocenters. The lowest BCUT2D eigenvalue weighted by atomic mass is 9.96. The zero-order valence-corrected chi connectivity index (χ0v) is 18.3. The molecule has 0 aromatic heterocycles. The maximum Gasteiger partial charge on any atom is 0.415 e. The summed E-state index contributed by atoms with van der Waals surface area (Å²) in [5, 5.41) is 6.94. The van der Waals surface area contributed by atoms with Gasteiger partial charge >= 0.3 is 18.2 Å². The molecule has 9 nitrogen and oxygen atoms in total. The minimum absolute atomic E-state index is 0.0209. The number of guanidine groups is 1. The number of aliphatic imine (C=N–C) groups is 1. The largest absolute Gasteiger partial charge is 0.444 e. The number of nitrogens with zero attached hydrogens (tertiary/aromatic N) is 1. The lowest BCUT2D eigenvalue weighted by molar-refractivity contribution is 0.141. The number of benzene rings is 2. The van der Waals surface area contributed by atoms with Crippen LogP contribution >= 0.6 is 0 Å². The van der Waals surface area contributed by atoms with E-state index < -0.39 is 18.2 Å². The summed E-state index contributed by atoms with van der Waals surface area (Å²) in [7, 11) is 0. The van der Waals surface area contributed by atoms with Crippen molar-refractivity contribution in [2.24, 2.45) is 4.99 Å². The van der Waals surface area contributed by atoms with Gasteiger partial charge in [0.05, 0.1) is 6.04 Å². The van der Waals surface area contributed by atoms with E-state index >= 15 is 0 Å². The third kappa shape index (κ3) is 9.02. The van der Waals surface area contributed by atoms with E-state index in [0.29, 0.717) is 0 Å². The van der Waals surface area contributed by atoms with Crippen molar-refractivity contribution in [1.29, 1.82) is 0 Å². The van der Waals surface area contributed by atoms with Crippen LogP contribution in [0.5, 0.6) is 0 Å². The molecule has 174 valence electrons. The first-order chi connectivity index (χ1) is 16.1. The molecule has 1 saturated carbocycles. The second-order valence-corrected chi connectivity index (χ2v) is 7.60. The molecule has 0 saturated heterocycles. The van der Waals surface area contributed by atoms with Crippen molar-refractivity contribution in [3.8, 4) is 0 Å². The van der Waals surface area contributed by atoms with Gasteiger partial charge in [-0.1, -0.05) is 79.9 Å². The van der Waals surface area contributed by atoms with Gasteiger partial charge in [-0.2, -0.15) is 0 Å². The lowest BCUT2D eigenvalue weighted by Crippen LogP contribution is -2.49. The van der Waals surface area contributed by atoms with Gasteiger partial charge in [0.15, 0.2) is 0 Å². The molecule has 0 aliphatic heterocycles. The Kier molecular flexibility index (Phi) is 9.26. The van der Waals surface area contributed by atoms with E-state index in [-0.39, 0.29) is 25.2 Å². The van der Waals surface area contributed by atoms with Crippen molar-refractivity contribution >= 4 is 24.2 Å². The fourth-order valence-electron chi connectivity index (χ4n) is 3.34. The highest BCUT2D eigenvalue weighted by atomic mass is 16.6. The molecular weight excluding hydrogens is 424 g/mol. The highest BCUT2D eigenvalue weighted by Gasteiger charge is 2.18. The molecule has 9 heteroatoms. The molecule has 3 rings (SSSR count). The fraction of sp³-hybridized carbons (Fsp3) is 0.333. The highest BCUT2D eigenvalue weighted by Crippen LogP contribution is 2.20. The third-order valence-corrected chi connectivity index (χ3v) is 4.98. The summed E-state index contributed by atoms with van der Waals surface area (Å²) in [4.78, 5) is 40.9. The maximum atomic E-state index is 12.3. The Hall–Kier alpha value is -3.88. The van der Waals surface area contributed by atoms with Crippen LogP contribution in [-0.2, 0) is 22.7 Å². The Morgan fingerprint density at radius 3 is 1.79 bits per heavy atom. The first kappa shape index (κ1) is 23.8. The van der Waals surface area contributed by atoms with Crippen LogP contribution in [0.1, 0.15) is 43.2 Å². The van der Waals surface area contributed by atoms with Crippen molar-refractivity contribution < 1.29 is 23.9 Å². The van der Waals surface area contributed by atoms with Crippen molar-refractivity contribution in [2.45, 2.75) is 51.4 Å². The fourth-order valence-corrected chi connectivity index (χ4v) is 3.34. The second kappa shape index (κ2) is 12.8. The Morgan fingerprint density at radius 1 is 0.727 bits per heavy atom. The van der Waals surface area contributed by atoms with Gasteiger partial charge in [-0.3, -0.25) is 10.6 Å². The zero-order chi connectivity index (χ0) is 23.3. The molecular formula is C24H28N4O5. The SMILES string of the molecule is O=C(NC(=O)OCc1ccccc1)NC(=NC1CCCCC1)NC(=O)OCc1ccccc1. The van der Waals surface area contributed by atoms with Crippen LogP contribution in [0.15, 0.2) is 65.7 Å². The summed E-state index contributed by atoms with van der Waals surface area (Å²) in [6.07, 6.45) is 3.21. The van der Waals surface area contributed by atoms with Crippen LogP contribution in [0.25, 0.3) is 0 Å². The van der Waals surface area contributed by atoms with E-state index in [0.717, 1.165) is 43.2 Å². The molecule has 1 aliphatic carbocycles. The lowest BCUT2D eigenvalue weighted by Gasteiger charge is -2.19. The number of amides is 4. The number of rotatable bonds is 5. The van der Waals surface area contributed by atoms with Crippen molar-refractivity contribution in [2.75, 3.05) is 0 Å². The first-order valence-electron chi connectivity index (χ1n) is 10.9. The number of imide groups is 1. The predicted octanol–water partition coefficient (Wildman–Crippen LogP) is 4.24. The minimum Gasteiger partial charge on any atom is -0.444 e. The average Bonchev–Trinajstić information content (AvgIpc) is 2.83. The zero-order valence-electron chi connectivity index (χ0n) is 18.3. The van der Waals surface area contributed by atoms with Crippen LogP contribution in [0.3, 0.4) is 0 Å². The van der Waals surface area contributed by atoms with Crippen LogP contribution in [0.4, 0.5) is 14.4 Å². The summed E-state index contributed by atoms with van der Waals surface area (Å²) < 4.78 is 10.2. The summed E-state index contributed by atoms with van der Waals surface area (Å²) >= 11 is 0. The molecule has 0 atom stereocenters. The summed E-state index contributed by atoms with van der Waals surface area (Å²) in [6, 6.07) is 17.4. The van der Waals surface area contributed by atoms with E-state index in [1.54, 1.807) is 12.1 Å². The molecule has 1 fully saturated rings. The monoisotopic (exact) mass is 452 g/mol. The summed E-state index contributed by atoms with van der Waals surface area (Å²) in [5.74, 6) is -0.0756. The van der Waals surface area contributed by atoms with Gasteiger partial charge in [0.25, 0.3) is 0 Å². The number of hydrogen-bond donors (Lipinski definition) is 3. The van der Waals surface area contributed by atoms with Crippen LogP contribution in [0, 0.1) is 0 Å². The number of ether oxygens (including phenoxy) is 2. The summed E-state index contributed by atoms with van der Waals surface area (Å²) in [5.41, 5.74) is 1.61. The van der Waals surface area contributed by atoms with E-state index in [1.807, 2.05) is 48.5 Å². The first-order valence-corrected chi connectivity index (χ1v) is 10.9. The number of carbonyl (C=O) groups is 3. The van der Waals surface area contributed by atoms with Crippen molar-refractivity contribution in [3.63, 3.8) is 0 Å². The number of hydrogen-bond acceptors (Lipinski definition) is 6. The van der Waals surface area contributed by atoms with Gasteiger partial charge in [-0.25, -0.2) is 24.7 Å². The molecule has 0 spiro atoms. The Balaban J connectivity index is 1.52. The highest BCUT2D eigenvalue weighted by molar-refractivity contribution is 6.05. The third-order valence-electron chi connectivity index (χ3n) is 4.98. The molecule has 33 heavy (non-hydrogen) atoms. The van der Waals surface area contributed by atoms with E-state index in [9.17, 15) is 14.4 Å². The second-order valence-electron chi connectivity index (χ2n) is 7.60. The van der Waals surface area contributed by atoms with Gasteiger partial charge in [0.2, 0.25) is 5.96 Å². The van der Waals surface area contributed by atoms with Crippen molar-refractivity contribution in [3.05, 3.63) is 71.8 Å². The number of carbonyl (C=O) groups excluding carboxylic acids is 3. The smallest absolute Gasteiger partial charge is 0.415 e. The maximum absolute atomic E-state index is 12.3. The molecule has 3 N–H and O–H groups in total. The number of nitrogens with one attached hydrogen (secondary N) is 3. The molecule has 2 aromatic carbocycles. The topological polar surface area (TPSA) is 118 Å². The molecule has 4 amide bonds. The minimum atomic E-state index is -0.917. The average molecular weight is 453 g/mol. The van der Waals surface area contributed by atoms with Gasteiger partial charge in [0.1, 0.15) is 13.2 Å². The van der Waals surface area contributed by atoms with Crippen LogP contribution in [0.2, 0.25) is 0 Å². The van der Waals surface area contributed by atoms with Crippen LogP contribution in [-0.4, -0.2) is 30.2 Å². The predicted molar refractivity (Wildman–Crippen MR) is 122 cm³/mol. The Morgan fingerprint density at radius 2 is 1.24 bits per heavy atom. The van der Waals surface area contributed by atoms with Crippen molar-refractivity contribution in [1.82, 2.24) is 16.0 Å². The van der Waals surface area contributed by atoms with Gasteiger partial charge in [-0.05, 0) is 24.0 Å². The van der Waals surface area contributed by atoms with Gasteiger partial charge < -0.3 is 9.47 Å². The quantitative estimate of drug-likeness (QED) is 0.463. The molecule has 0 heterocycles. The van der Waals surface area contributed by atoms with E-state index in [1.165, 1.54) is 0 Å². The van der Waals surface area contributed by atoms with E-state index in [2.05, 4.69) is 20.9 Å². The molecule has 0 radical (unpaired) electrons. The van der Waals surface area contributed by atoms with Gasteiger partial charge in [0, 0.05) is 0 Å². The molecule has 2 aromatic rings. The van der Waals surface area contributed by atoms with Crippen LogP contribution < -0.4 is 16.0 Å². The Bertz CT molecular complexity index is 944. The normalized spacial score (nSPS) is 14.1. The number of alkyl carbamates (subject to hydrolysis) is 2. The number of urea groups is 1. The standard InChI is InChI=1S/C24H28N4O5/c29-22(28-24(31)33-17-19-12-6-2-7-13-19)26-21(25-20-14-8-3-9-15-20)27-23(30)32-16-18-10-4-1-5-11-18/h1-2,4-7,10-13,20H,3,8-9,14-17H2,(H3,25,26,27,28,29,30,31). The van der Waals surface area contributed by atoms with E-state index in [4.69, 9.17) is 9.47 Å².